The van der Waals surface area contributed by atoms with Crippen LogP contribution in [0.5, 0.6) is 11.5 Å². The molecule has 2 aromatic rings. The first kappa shape index (κ1) is 16.1. The molecule has 1 fully saturated rings. The van der Waals surface area contributed by atoms with E-state index in [-0.39, 0.29) is 17.4 Å². The first-order valence-corrected chi connectivity index (χ1v) is 8.02. The molecular formula is C17H13ClF2N2O3. The number of nitrogens with one attached hydrogen (secondary N) is 1. The van der Waals surface area contributed by atoms with Gasteiger partial charge in [-0.05, 0) is 37.5 Å². The van der Waals surface area contributed by atoms with Gasteiger partial charge < -0.3 is 14.8 Å². The summed E-state index contributed by atoms with van der Waals surface area (Å²) in [4.78, 5) is 16.9. The summed E-state index contributed by atoms with van der Waals surface area (Å²) in [6.45, 7) is 1.80. The van der Waals surface area contributed by atoms with E-state index in [1.165, 1.54) is 6.07 Å². The van der Waals surface area contributed by atoms with Gasteiger partial charge in [0.15, 0.2) is 11.5 Å². The number of para-hydroxylation sites is 1. The number of amides is 1. The van der Waals surface area contributed by atoms with Crippen LogP contribution in [0.15, 0.2) is 30.3 Å². The fourth-order valence-electron chi connectivity index (χ4n) is 2.90. The molecule has 0 spiro atoms. The largest absolute Gasteiger partial charge is 0.586 e. The molecule has 25 heavy (non-hydrogen) atoms. The van der Waals surface area contributed by atoms with Crippen LogP contribution < -0.4 is 14.8 Å². The van der Waals surface area contributed by atoms with Gasteiger partial charge in [0.25, 0.3) is 0 Å². The third-order valence-corrected chi connectivity index (χ3v) is 4.79. The number of carbonyl (C=O) groups excluding carboxylic acids is 1. The number of aromatic nitrogens is 1. The van der Waals surface area contributed by atoms with Crippen molar-refractivity contribution in [1.82, 2.24) is 4.98 Å². The lowest BCUT2D eigenvalue weighted by Gasteiger charge is -2.17. The Kier molecular flexibility index (Phi) is 3.40. The Hall–Kier alpha value is -2.41. The molecule has 5 nitrogen and oxygen atoms in total. The second-order valence-electron chi connectivity index (χ2n) is 6.14. The number of fused-ring (bicyclic) bond motifs is 1. The van der Waals surface area contributed by atoms with Crippen LogP contribution in [-0.2, 0) is 10.2 Å². The van der Waals surface area contributed by atoms with Gasteiger partial charge in [0.1, 0.15) is 11.0 Å². The molecular weight excluding hydrogens is 354 g/mol. The maximum absolute atomic E-state index is 13.4. The number of hydrogen-bond donors (Lipinski definition) is 1. The number of carbonyl (C=O) groups is 1. The number of alkyl halides is 2. The Morgan fingerprint density at radius 2 is 2.00 bits per heavy atom. The number of rotatable bonds is 3. The lowest BCUT2D eigenvalue weighted by Crippen LogP contribution is -2.29. The third-order valence-electron chi connectivity index (χ3n) is 4.41. The molecule has 8 heteroatoms. The average Bonchev–Trinajstić information content (AvgIpc) is 3.28. The number of anilines is 1. The fourth-order valence-corrected chi connectivity index (χ4v) is 3.05. The quantitative estimate of drug-likeness (QED) is 0.833. The minimum atomic E-state index is -3.73. The number of halogens is 3. The van der Waals surface area contributed by atoms with E-state index in [0.717, 1.165) is 5.56 Å². The van der Waals surface area contributed by atoms with Crippen molar-refractivity contribution in [3.63, 3.8) is 0 Å². The normalized spacial score (nSPS) is 18.7. The maximum atomic E-state index is 13.4. The first-order valence-electron chi connectivity index (χ1n) is 7.65. The highest BCUT2D eigenvalue weighted by molar-refractivity contribution is 6.30. The van der Waals surface area contributed by atoms with Gasteiger partial charge in [0.05, 0.1) is 5.41 Å². The molecule has 2 aliphatic rings. The van der Waals surface area contributed by atoms with Gasteiger partial charge in [-0.15, -0.1) is 8.78 Å². The molecule has 4 rings (SSSR count). The van der Waals surface area contributed by atoms with Gasteiger partial charge in [-0.2, -0.15) is 0 Å². The minimum absolute atomic E-state index is 0.0712. The number of pyridine rings is 1. The molecule has 0 radical (unpaired) electrons. The van der Waals surface area contributed by atoms with Gasteiger partial charge in [0, 0.05) is 5.56 Å². The monoisotopic (exact) mass is 366 g/mol. The summed E-state index contributed by atoms with van der Waals surface area (Å²) in [5.41, 5.74) is 0.237. The third kappa shape index (κ3) is 2.68. The molecule has 0 saturated heterocycles. The van der Waals surface area contributed by atoms with Crippen LogP contribution >= 0.6 is 11.6 Å². The van der Waals surface area contributed by atoms with Gasteiger partial charge in [0.2, 0.25) is 5.91 Å². The van der Waals surface area contributed by atoms with Crippen LogP contribution in [0.2, 0.25) is 5.15 Å². The Morgan fingerprint density at radius 3 is 2.68 bits per heavy atom. The number of nitrogens with zero attached hydrogens (tertiary/aromatic N) is 1. The first-order chi connectivity index (χ1) is 11.8. The van der Waals surface area contributed by atoms with Crippen molar-refractivity contribution in [2.75, 3.05) is 5.32 Å². The molecule has 1 N–H and O–H groups in total. The SMILES string of the molecule is Cc1ccc(NC(=O)C2(c3cccc4c3OC(F)(F)O4)CC2)nc1Cl. The molecule has 1 aliphatic carbocycles. The zero-order chi connectivity index (χ0) is 17.8. The molecule has 0 bridgehead atoms. The molecule has 1 saturated carbocycles. The minimum Gasteiger partial charge on any atom is -0.395 e. The highest BCUT2D eigenvalue weighted by Crippen LogP contribution is 2.56. The number of hydrogen-bond acceptors (Lipinski definition) is 4. The van der Waals surface area contributed by atoms with E-state index < -0.39 is 11.7 Å². The van der Waals surface area contributed by atoms with Gasteiger partial charge in [-0.1, -0.05) is 29.8 Å². The average molecular weight is 367 g/mol. The van der Waals surface area contributed by atoms with Crippen LogP contribution in [0.3, 0.4) is 0 Å². The summed E-state index contributed by atoms with van der Waals surface area (Å²) in [5.74, 6) is -0.192. The van der Waals surface area contributed by atoms with Crippen LogP contribution in [0, 0.1) is 6.92 Å². The van der Waals surface area contributed by atoms with Crippen molar-refractivity contribution < 1.29 is 23.0 Å². The summed E-state index contributed by atoms with van der Waals surface area (Å²) >= 11 is 5.97. The zero-order valence-electron chi connectivity index (χ0n) is 13.1. The van der Waals surface area contributed by atoms with E-state index in [1.807, 2.05) is 0 Å². The highest BCUT2D eigenvalue weighted by atomic mass is 35.5. The van der Waals surface area contributed by atoms with E-state index in [2.05, 4.69) is 19.8 Å². The molecule has 1 aliphatic heterocycles. The van der Waals surface area contributed by atoms with Crippen molar-refractivity contribution in [3.05, 3.63) is 46.6 Å². The van der Waals surface area contributed by atoms with Crippen molar-refractivity contribution >= 4 is 23.3 Å². The fraction of sp³-hybridized carbons (Fsp3) is 0.294. The van der Waals surface area contributed by atoms with Crippen LogP contribution in [0.1, 0.15) is 24.0 Å². The van der Waals surface area contributed by atoms with E-state index in [1.54, 1.807) is 31.2 Å². The van der Waals surface area contributed by atoms with Crippen LogP contribution in [0.4, 0.5) is 14.6 Å². The molecule has 2 heterocycles. The predicted octanol–water partition coefficient (Wildman–Crippen LogP) is 4.04. The second kappa shape index (κ2) is 5.29. The highest BCUT2D eigenvalue weighted by Gasteiger charge is 2.56. The Labute approximate surface area is 146 Å². The van der Waals surface area contributed by atoms with Gasteiger partial charge in [-0.3, -0.25) is 4.79 Å². The molecule has 0 atom stereocenters. The number of benzene rings is 1. The summed E-state index contributed by atoms with van der Waals surface area (Å²) in [6, 6.07) is 7.93. The Bertz CT molecular complexity index is 884. The van der Waals surface area contributed by atoms with Crippen LogP contribution in [0.25, 0.3) is 0 Å². The second-order valence-corrected chi connectivity index (χ2v) is 6.50. The summed E-state index contributed by atoms with van der Waals surface area (Å²) in [6.07, 6.45) is -2.69. The molecule has 1 aromatic heterocycles. The summed E-state index contributed by atoms with van der Waals surface area (Å²) < 4.78 is 35.9. The number of aryl methyl sites for hydroxylation is 1. The van der Waals surface area contributed by atoms with E-state index in [9.17, 15) is 13.6 Å². The van der Waals surface area contributed by atoms with E-state index in [4.69, 9.17) is 11.6 Å². The van der Waals surface area contributed by atoms with Crippen molar-refractivity contribution in [2.24, 2.45) is 0 Å². The predicted molar refractivity (Wildman–Crippen MR) is 86.2 cm³/mol. The van der Waals surface area contributed by atoms with Gasteiger partial charge in [-0.25, -0.2) is 4.98 Å². The Morgan fingerprint density at radius 1 is 1.24 bits per heavy atom. The topological polar surface area (TPSA) is 60.5 Å². The summed E-state index contributed by atoms with van der Waals surface area (Å²) in [5, 5.41) is 3.00. The molecule has 1 amide bonds. The standard InChI is InChI=1S/C17H13ClF2N2O3/c1-9-5-6-12(21-14(9)18)22-15(23)16(7-8-16)10-3-2-4-11-13(10)25-17(19,20)24-11/h2-6H,7-8H2,1H3,(H,21,22,23). The lowest BCUT2D eigenvalue weighted by atomic mass is 9.93. The lowest BCUT2D eigenvalue weighted by molar-refractivity contribution is -0.287. The van der Waals surface area contributed by atoms with E-state index in [0.29, 0.717) is 29.4 Å². The molecule has 1 aromatic carbocycles. The van der Waals surface area contributed by atoms with Crippen molar-refractivity contribution in [1.29, 1.82) is 0 Å². The Balaban J connectivity index is 1.64. The smallest absolute Gasteiger partial charge is 0.395 e. The van der Waals surface area contributed by atoms with Gasteiger partial charge >= 0.3 is 6.29 Å². The molecule has 130 valence electrons. The molecule has 0 unspecified atom stereocenters. The number of ether oxygens (including phenoxy) is 2. The van der Waals surface area contributed by atoms with Crippen molar-refractivity contribution in [2.45, 2.75) is 31.5 Å². The van der Waals surface area contributed by atoms with Crippen LogP contribution in [-0.4, -0.2) is 17.2 Å². The van der Waals surface area contributed by atoms with Crippen molar-refractivity contribution in [3.8, 4) is 11.5 Å². The zero-order valence-corrected chi connectivity index (χ0v) is 13.9. The van der Waals surface area contributed by atoms with E-state index >= 15 is 0 Å². The maximum Gasteiger partial charge on any atom is 0.586 e. The summed E-state index contributed by atoms with van der Waals surface area (Å²) in [7, 11) is 0.